The minimum atomic E-state index is 0. The van der Waals surface area contributed by atoms with Gasteiger partial charge in [-0.15, -0.1) is 0 Å². The molecule has 0 rings (SSSR count). The number of hydrogen-bond donors (Lipinski definition) is 0. The van der Waals surface area contributed by atoms with E-state index in [4.69, 9.17) is 0 Å². The molecule has 6 heteroatoms. The Bertz CT molecular complexity index is 10.8. The van der Waals surface area contributed by atoms with E-state index in [0.717, 1.165) is 0 Å². The minimum Gasteiger partial charge on any atom is -2.00 e. The fourth-order valence-corrected chi connectivity index (χ4v) is 0. The maximum Gasteiger partial charge on any atom is 3.00 e. The van der Waals surface area contributed by atoms with E-state index in [1.807, 2.05) is 0 Å². The van der Waals surface area contributed by atoms with Gasteiger partial charge in [0.2, 0.25) is 0 Å². The Balaban J connectivity index is 0. The SMILES string of the molecule is [Al+3].[Li+].[Mn+2].[O-2].[O-2].[O-2]. The molecule has 0 amide bonds. The van der Waals surface area contributed by atoms with Crippen molar-refractivity contribution >= 4 is 17.4 Å². The van der Waals surface area contributed by atoms with Gasteiger partial charge in [-0.05, 0) is 0 Å². The van der Waals surface area contributed by atoms with Crippen molar-refractivity contribution < 1.29 is 52.4 Å². The Morgan fingerprint density at radius 3 is 0.667 bits per heavy atom. The van der Waals surface area contributed by atoms with Crippen molar-refractivity contribution in [2.75, 3.05) is 0 Å². The van der Waals surface area contributed by atoms with Gasteiger partial charge in [-0.3, -0.25) is 0 Å². The molecule has 29 valence electrons. The van der Waals surface area contributed by atoms with Gasteiger partial charge in [0.05, 0.1) is 0 Å². The topological polar surface area (TPSA) is 85.5 Å². The van der Waals surface area contributed by atoms with E-state index in [0.29, 0.717) is 0 Å². The van der Waals surface area contributed by atoms with Gasteiger partial charge in [0.25, 0.3) is 0 Å². The third-order valence-electron chi connectivity index (χ3n) is 0. The molecule has 0 unspecified atom stereocenters. The van der Waals surface area contributed by atoms with Gasteiger partial charge in [0.1, 0.15) is 0 Å². The zero-order chi connectivity index (χ0) is 0. The van der Waals surface area contributed by atoms with Crippen LogP contribution in [0.4, 0.5) is 0 Å². The average molecular weight is 137 g/mol. The first-order chi connectivity index (χ1) is 0. The van der Waals surface area contributed by atoms with Gasteiger partial charge in [-0.1, -0.05) is 0 Å². The van der Waals surface area contributed by atoms with Gasteiger partial charge < -0.3 is 16.4 Å². The fourth-order valence-electron chi connectivity index (χ4n) is 0. The molecule has 0 aliphatic carbocycles. The summed E-state index contributed by atoms with van der Waals surface area (Å²) in [6.45, 7) is 0. The van der Waals surface area contributed by atoms with E-state index in [9.17, 15) is 0 Å². The average Bonchev–Trinajstić information content (AvgIpc) is 0. The summed E-state index contributed by atoms with van der Waals surface area (Å²) in [4.78, 5) is 0. The van der Waals surface area contributed by atoms with Crippen LogP contribution in [0.2, 0.25) is 0 Å². The molecule has 0 bridgehead atoms. The molecule has 0 fully saturated rings. The molecule has 0 N–H and O–H groups in total. The normalized spacial score (nSPS) is 0. The summed E-state index contributed by atoms with van der Waals surface area (Å²) in [6, 6.07) is 0. The first kappa shape index (κ1) is 137. The molecular formula is AlLiMnO3. The molecule has 1 radical (unpaired) electrons. The van der Waals surface area contributed by atoms with Crippen molar-refractivity contribution in [3.8, 4) is 0 Å². The van der Waals surface area contributed by atoms with Gasteiger partial charge in [0, 0.05) is 0 Å². The van der Waals surface area contributed by atoms with Crippen LogP contribution in [0.25, 0.3) is 0 Å². The maximum absolute atomic E-state index is 0. The predicted molar refractivity (Wildman–Crippen MR) is 7.81 cm³/mol. The molecule has 0 spiro atoms. The van der Waals surface area contributed by atoms with Gasteiger partial charge >= 0.3 is 53.3 Å². The summed E-state index contributed by atoms with van der Waals surface area (Å²) < 4.78 is 0. The minimum absolute atomic E-state index is 0. The summed E-state index contributed by atoms with van der Waals surface area (Å²) in [5, 5.41) is 0. The molecule has 0 aromatic rings. The summed E-state index contributed by atoms with van der Waals surface area (Å²) >= 11 is 0. The van der Waals surface area contributed by atoms with Crippen LogP contribution in [-0.4, -0.2) is 17.4 Å². The Morgan fingerprint density at radius 2 is 0.667 bits per heavy atom. The second-order valence-electron chi connectivity index (χ2n) is 0. The molecular weight excluding hydrogens is 137 g/mol. The van der Waals surface area contributed by atoms with Crippen LogP contribution < -0.4 is 18.9 Å². The Kier molecular flexibility index (Phi) is 1950. The Hall–Kier alpha value is 1.53. The van der Waals surface area contributed by atoms with E-state index in [2.05, 4.69) is 0 Å². The van der Waals surface area contributed by atoms with Crippen molar-refractivity contribution in [1.29, 1.82) is 0 Å². The van der Waals surface area contributed by atoms with E-state index in [1.165, 1.54) is 0 Å². The summed E-state index contributed by atoms with van der Waals surface area (Å²) in [5.74, 6) is 0. The van der Waals surface area contributed by atoms with Crippen LogP contribution in [0.1, 0.15) is 0 Å². The molecule has 0 saturated carbocycles. The monoisotopic (exact) mass is 137 g/mol. The summed E-state index contributed by atoms with van der Waals surface area (Å²) in [7, 11) is 0. The standard InChI is InChI=1S/Al.Li.Mn.3O/q+3;+1;+2;3*-2. The van der Waals surface area contributed by atoms with Crippen LogP contribution in [0.3, 0.4) is 0 Å². The zero-order valence-corrected chi connectivity index (χ0v) is 5.52. The van der Waals surface area contributed by atoms with E-state index in [-0.39, 0.29) is 69.7 Å². The van der Waals surface area contributed by atoms with E-state index >= 15 is 0 Å². The van der Waals surface area contributed by atoms with Crippen molar-refractivity contribution in [1.82, 2.24) is 0 Å². The Morgan fingerprint density at radius 1 is 0.667 bits per heavy atom. The van der Waals surface area contributed by atoms with Crippen LogP contribution in [0.15, 0.2) is 0 Å². The second-order valence-corrected chi connectivity index (χ2v) is 0. The second kappa shape index (κ2) is 85.4. The first-order valence-electron chi connectivity index (χ1n) is 0. The van der Waals surface area contributed by atoms with Gasteiger partial charge in [-0.25, -0.2) is 0 Å². The molecule has 0 aromatic carbocycles. The molecule has 6 heavy (non-hydrogen) atoms. The number of hydrogen-bond acceptors (Lipinski definition) is 0. The summed E-state index contributed by atoms with van der Waals surface area (Å²) in [6.07, 6.45) is 0. The third-order valence-corrected chi connectivity index (χ3v) is 0. The largest absolute Gasteiger partial charge is 3.00 e. The predicted octanol–water partition coefficient (Wildman–Crippen LogP) is -3.74. The molecule has 0 aromatic heterocycles. The van der Waals surface area contributed by atoms with Crippen molar-refractivity contribution in [3.63, 3.8) is 0 Å². The van der Waals surface area contributed by atoms with Crippen LogP contribution >= 0.6 is 0 Å². The quantitative estimate of drug-likeness (QED) is 0.307. The van der Waals surface area contributed by atoms with Crippen LogP contribution in [0, 0.1) is 0 Å². The van der Waals surface area contributed by atoms with Crippen molar-refractivity contribution in [2.45, 2.75) is 0 Å². The van der Waals surface area contributed by atoms with Crippen LogP contribution in [0.5, 0.6) is 0 Å². The van der Waals surface area contributed by atoms with Crippen molar-refractivity contribution in [2.24, 2.45) is 0 Å². The molecule has 0 aliphatic rings. The first-order valence-corrected chi connectivity index (χ1v) is 0. The van der Waals surface area contributed by atoms with Gasteiger partial charge in [-0.2, -0.15) is 0 Å². The Labute approximate surface area is 69.6 Å². The zero-order valence-electron chi connectivity index (χ0n) is 3.18. The van der Waals surface area contributed by atoms with Gasteiger partial charge in [0.15, 0.2) is 0 Å². The molecule has 0 saturated heterocycles. The van der Waals surface area contributed by atoms with E-state index < -0.39 is 0 Å². The smallest absolute Gasteiger partial charge is 2.00 e. The summed E-state index contributed by atoms with van der Waals surface area (Å²) in [5.41, 5.74) is 0. The number of rotatable bonds is 0. The molecule has 0 heterocycles. The third kappa shape index (κ3) is 48.5. The van der Waals surface area contributed by atoms with E-state index in [1.54, 1.807) is 0 Å². The molecule has 0 aliphatic heterocycles. The maximum atomic E-state index is 0. The fraction of sp³-hybridized carbons (Fsp3) is 0. The van der Waals surface area contributed by atoms with Crippen molar-refractivity contribution in [3.05, 3.63) is 0 Å². The van der Waals surface area contributed by atoms with Crippen LogP contribution in [-0.2, 0) is 33.5 Å². The molecule has 3 nitrogen and oxygen atoms in total. The molecule has 0 atom stereocenters.